The van der Waals surface area contributed by atoms with Crippen LogP contribution in [0.5, 0.6) is 5.75 Å². The van der Waals surface area contributed by atoms with Gasteiger partial charge in [0, 0.05) is 5.56 Å². The first-order chi connectivity index (χ1) is 10.1. The van der Waals surface area contributed by atoms with Crippen LogP contribution < -0.4 is 4.74 Å². The summed E-state index contributed by atoms with van der Waals surface area (Å²) in [7, 11) is 0. The Morgan fingerprint density at radius 3 is 2.29 bits per heavy atom. The minimum absolute atomic E-state index is 0.0722. The van der Waals surface area contributed by atoms with Crippen molar-refractivity contribution in [1.29, 1.82) is 0 Å². The van der Waals surface area contributed by atoms with Gasteiger partial charge in [-0.2, -0.15) is 8.78 Å². The van der Waals surface area contributed by atoms with Crippen molar-refractivity contribution in [3.63, 3.8) is 0 Å². The summed E-state index contributed by atoms with van der Waals surface area (Å²) in [6.07, 6.45) is 7.99. The third-order valence-electron chi connectivity index (χ3n) is 3.58. The first-order valence-corrected chi connectivity index (χ1v) is 7.87. The molecule has 1 N–H and O–H groups in total. The number of benzene rings is 1. The van der Waals surface area contributed by atoms with Crippen LogP contribution in [-0.4, -0.2) is 11.7 Å². The number of para-hydroxylation sites is 1. The highest BCUT2D eigenvalue weighted by Crippen LogP contribution is 2.29. The van der Waals surface area contributed by atoms with E-state index in [-0.39, 0.29) is 5.75 Å². The van der Waals surface area contributed by atoms with E-state index in [2.05, 4.69) is 11.7 Å². The Balaban J connectivity index is 2.33. The summed E-state index contributed by atoms with van der Waals surface area (Å²) in [5, 5.41) is 10.1. The van der Waals surface area contributed by atoms with Crippen LogP contribution in [0.3, 0.4) is 0 Å². The third kappa shape index (κ3) is 7.42. The summed E-state index contributed by atoms with van der Waals surface area (Å²) in [6, 6.07) is 6.46. The lowest BCUT2D eigenvalue weighted by Gasteiger charge is -2.15. The molecule has 0 heterocycles. The molecule has 0 saturated heterocycles. The van der Waals surface area contributed by atoms with E-state index >= 15 is 0 Å². The summed E-state index contributed by atoms with van der Waals surface area (Å²) in [5.74, 6) is 0.0722. The summed E-state index contributed by atoms with van der Waals surface area (Å²) < 4.78 is 29.1. The van der Waals surface area contributed by atoms with E-state index in [1.165, 1.54) is 38.2 Å². The summed E-state index contributed by atoms with van der Waals surface area (Å²) >= 11 is 0. The molecule has 0 aliphatic heterocycles. The molecule has 1 aromatic rings. The van der Waals surface area contributed by atoms with Crippen LogP contribution in [0.2, 0.25) is 0 Å². The number of halogens is 2. The smallest absolute Gasteiger partial charge is 0.387 e. The van der Waals surface area contributed by atoms with E-state index in [1.54, 1.807) is 18.2 Å². The van der Waals surface area contributed by atoms with E-state index in [0.717, 1.165) is 12.8 Å². The van der Waals surface area contributed by atoms with Gasteiger partial charge in [-0.3, -0.25) is 0 Å². The van der Waals surface area contributed by atoms with E-state index in [9.17, 15) is 13.9 Å². The molecule has 1 unspecified atom stereocenters. The molecule has 0 aromatic heterocycles. The highest BCUT2D eigenvalue weighted by Gasteiger charge is 2.15. The van der Waals surface area contributed by atoms with Gasteiger partial charge in [0.2, 0.25) is 0 Å². The fraction of sp³-hybridized carbons (Fsp3) is 0.647. The Kier molecular flexibility index (Phi) is 8.99. The second-order valence-corrected chi connectivity index (χ2v) is 5.34. The monoisotopic (exact) mass is 300 g/mol. The van der Waals surface area contributed by atoms with Crippen LogP contribution >= 0.6 is 0 Å². The predicted molar refractivity (Wildman–Crippen MR) is 80.6 cm³/mol. The zero-order valence-electron chi connectivity index (χ0n) is 12.7. The van der Waals surface area contributed by atoms with Gasteiger partial charge in [0.05, 0.1) is 6.10 Å². The molecule has 120 valence electrons. The lowest BCUT2D eigenvalue weighted by Crippen LogP contribution is -2.07. The number of rotatable bonds is 11. The van der Waals surface area contributed by atoms with Gasteiger partial charge < -0.3 is 9.84 Å². The zero-order chi connectivity index (χ0) is 15.5. The van der Waals surface area contributed by atoms with Crippen LogP contribution in [0.4, 0.5) is 8.78 Å². The van der Waals surface area contributed by atoms with E-state index in [0.29, 0.717) is 12.0 Å². The second-order valence-electron chi connectivity index (χ2n) is 5.34. The molecule has 0 amide bonds. The molecule has 0 fully saturated rings. The van der Waals surface area contributed by atoms with Crippen molar-refractivity contribution in [3.8, 4) is 5.75 Å². The Morgan fingerprint density at radius 2 is 1.62 bits per heavy atom. The number of ether oxygens (including phenoxy) is 1. The molecular weight excluding hydrogens is 274 g/mol. The van der Waals surface area contributed by atoms with Crippen LogP contribution in [0.15, 0.2) is 24.3 Å². The van der Waals surface area contributed by atoms with Crippen molar-refractivity contribution in [3.05, 3.63) is 29.8 Å². The number of aliphatic hydroxyl groups excluding tert-OH is 1. The molecule has 1 atom stereocenters. The maximum Gasteiger partial charge on any atom is 0.387 e. The Bertz CT molecular complexity index is 383. The fourth-order valence-corrected chi connectivity index (χ4v) is 2.41. The van der Waals surface area contributed by atoms with Gasteiger partial charge in [0.1, 0.15) is 5.75 Å². The SMILES string of the molecule is CCCCCCCCCC(O)c1ccccc1OC(F)F. The second kappa shape index (κ2) is 10.6. The Labute approximate surface area is 126 Å². The Hall–Kier alpha value is -1.16. The van der Waals surface area contributed by atoms with Crippen molar-refractivity contribution in [1.82, 2.24) is 0 Å². The fourth-order valence-electron chi connectivity index (χ4n) is 2.41. The number of aliphatic hydroxyl groups is 1. The zero-order valence-corrected chi connectivity index (χ0v) is 12.7. The molecule has 4 heteroatoms. The number of hydrogen-bond donors (Lipinski definition) is 1. The van der Waals surface area contributed by atoms with Gasteiger partial charge in [-0.15, -0.1) is 0 Å². The van der Waals surface area contributed by atoms with Crippen molar-refractivity contribution in [2.24, 2.45) is 0 Å². The van der Waals surface area contributed by atoms with E-state index in [1.807, 2.05) is 0 Å². The summed E-state index contributed by atoms with van der Waals surface area (Å²) in [4.78, 5) is 0. The van der Waals surface area contributed by atoms with E-state index in [4.69, 9.17) is 0 Å². The highest BCUT2D eigenvalue weighted by atomic mass is 19.3. The molecule has 0 aliphatic rings. The van der Waals surface area contributed by atoms with Crippen LogP contribution in [0.25, 0.3) is 0 Å². The molecule has 0 spiro atoms. The van der Waals surface area contributed by atoms with Gasteiger partial charge in [0.25, 0.3) is 0 Å². The quantitative estimate of drug-likeness (QED) is 0.550. The first kappa shape index (κ1) is 17.9. The minimum Gasteiger partial charge on any atom is -0.434 e. The average molecular weight is 300 g/mol. The van der Waals surface area contributed by atoms with Crippen molar-refractivity contribution < 1.29 is 18.6 Å². The molecule has 21 heavy (non-hydrogen) atoms. The minimum atomic E-state index is -2.86. The molecule has 1 rings (SSSR count). The summed E-state index contributed by atoms with van der Waals surface area (Å²) in [5.41, 5.74) is 0.448. The standard InChI is InChI=1S/C17H26F2O2/c1-2-3-4-5-6-7-8-12-15(20)14-11-9-10-13-16(14)21-17(18)19/h9-11,13,15,17,20H,2-8,12H2,1H3. The van der Waals surface area contributed by atoms with Crippen molar-refractivity contribution in [2.75, 3.05) is 0 Å². The summed E-state index contributed by atoms with van der Waals surface area (Å²) in [6.45, 7) is -0.674. The van der Waals surface area contributed by atoms with Gasteiger partial charge in [-0.05, 0) is 12.5 Å². The molecule has 0 aliphatic carbocycles. The molecule has 1 aromatic carbocycles. The molecule has 0 radical (unpaired) electrons. The molecular formula is C17H26F2O2. The topological polar surface area (TPSA) is 29.5 Å². The van der Waals surface area contributed by atoms with Crippen molar-refractivity contribution >= 4 is 0 Å². The Morgan fingerprint density at radius 1 is 1.00 bits per heavy atom. The van der Waals surface area contributed by atoms with Gasteiger partial charge in [0.15, 0.2) is 0 Å². The maximum atomic E-state index is 12.3. The van der Waals surface area contributed by atoms with Gasteiger partial charge in [-0.25, -0.2) is 0 Å². The third-order valence-corrected chi connectivity index (χ3v) is 3.58. The molecule has 0 bridgehead atoms. The van der Waals surface area contributed by atoms with E-state index < -0.39 is 12.7 Å². The normalized spacial score (nSPS) is 12.6. The molecule has 2 nitrogen and oxygen atoms in total. The first-order valence-electron chi connectivity index (χ1n) is 7.87. The van der Waals surface area contributed by atoms with Crippen LogP contribution in [0.1, 0.15) is 70.0 Å². The predicted octanol–water partition coefficient (Wildman–Crippen LogP) is 5.46. The lowest BCUT2D eigenvalue weighted by molar-refractivity contribution is -0.0516. The highest BCUT2D eigenvalue weighted by molar-refractivity contribution is 5.35. The number of hydrogen-bond acceptors (Lipinski definition) is 2. The lowest BCUT2D eigenvalue weighted by atomic mass is 10.0. The van der Waals surface area contributed by atoms with Crippen molar-refractivity contribution in [2.45, 2.75) is 71.0 Å². The molecule has 0 saturated carbocycles. The van der Waals surface area contributed by atoms with Crippen LogP contribution in [0, 0.1) is 0 Å². The van der Waals surface area contributed by atoms with Gasteiger partial charge >= 0.3 is 6.61 Å². The van der Waals surface area contributed by atoms with Gasteiger partial charge in [-0.1, -0.05) is 70.1 Å². The van der Waals surface area contributed by atoms with Crippen LogP contribution in [-0.2, 0) is 0 Å². The average Bonchev–Trinajstić information content (AvgIpc) is 2.46. The maximum absolute atomic E-state index is 12.3. The largest absolute Gasteiger partial charge is 0.434 e. The number of alkyl halides is 2. The number of unbranched alkanes of at least 4 members (excludes halogenated alkanes) is 6.